The van der Waals surface area contributed by atoms with E-state index in [2.05, 4.69) is 35.8 Å². The number of piperidine rings is 2. The predicted octanol–water partition coefficient (Wildman–Crippen LogP) is 4.93. The minimum Gasteiger partial charge on any atom is -0.372 e. The molecule has 1 aromatic carbocycles. The number of likely N-dealkylation sites (tertiary alicyclic amines) is 2. The fourth-order valence-electron chi connectivity index (χ4n) is 7.36. The van der Waals surface area contributed by atoms with Crippen molar-refractivity contribution in [3.63, 3.8) is 0 Å². The van der Waals surface area contributed by atoms with E-state index in [1.807, 2.05) is 24.0 Å². The number of nitrogens with zero attached hydrogens (tertiary/aromatic N) is 5. The molecule has 238 valence electrons. The lowest BCUT2D eigenvalue weighted by molar-refractivity contribution is -0.142. The van der Waals surface area contributed by atoms with E-state index in [9.17, 15) is 14.0 Å². The predicted molar refractivity (Wildman–Crippen MR) is 172 cm³/mol. The maximum atomic E-state index is 14.2. The summed E-state index contributed by atoms with van der Waals surface area (Å²) in [5, 5.41) is 6.25. The van der Waals surface area contributed by atoms with Crippen LogP contribution in [0.15, 0.2) is 42.6 Å². The van der Waals surface area contributed by atoms with Crippen LogP contribution in [0.5, 0.6) is 0 Å². The molecule has 3 aromatic heterocycles. The number of aromatic nitrogens is 3. The molecular weight excluding hydrogens is 571 g/mol. The summed E-state index contributed by atoms with van der Waals surface area (Å²) in [7, 11) is 1.58. The average molecular weight is 615 g/mol. The second kappa shape index (κ2) is 11.9. The minimum absolute atomic E-state index is 0.0619. The van der Waals surface area contributed by atoms with Gasteiger partial charge in [0.05, 0.1) is 28.8 Å². The van der Waals surface area contributed by atoms with Gasteiger partial charge in [-0.25, -0.2) is 8.91 Å². The first-order valence-corrected chi connectivity index (χ1v) is 16.3. The van der Waals surface area contributed by atoms with Crippen molar-refractivity contribution in [2.24, 2.45) is 11.7 Å². The third kappa shape index (κ3) is 5.63. The van der Waals surface area contributed by atoms with Crippen LogP contribution in [0.1, 0.15) is 66.4 Å². The molecule has 0 bridgehead atoms. The second-order valence-electron chi connectivity index (χ2n) is 13.4. The number of carbonyl (C=O) groups excluding carboxylic acids is 2. The third-order valence-corrected chi connectivity index (χ3v) is 10.1. The number of halogens is 1. The lowest BCUT2D eigenvalue weighted by Crippen LogP contribution is -2.50. The fraction of sp³-hybridized carbons (Fsp3) is 0.514. The zero-order valence-electron chi connectivity index (χ0n) is 26.4. The van der Waals surface area contributed by atoms with Gasteiger partial charge in [-0.05, 0) is 81.5 Å². The van der Waals surface area contributed by atoms with Crippen LogP contribution in [0.3, 0.4) is 0 Å². The maximum absolute atomic E-state index is 14.2. The number of pyridine rings is 1. The lowest BCUT2D eigenvalue weighted by Gasteiger charge is -2.34. The van der Waals surface area contributed by atoms with Crippen LogP contribution in [-0.2, 0) is 16.1 Å². The van der Waals surface area contributed by atoms with E-state index >= 15 is 0 Å². The normalized spacial score (nSPS) is 22.0. The Morgan fingerprint density at radius 1 is 1.09 bits per heavy atom. The Kier molecular flexibility index (Phi) is 7.90. The SMILES string of the molecule is CO[C@H](C)C(=O)N1CCC(c2cccc3cc(-c4nn5cc(C(=O)N6C[C@H](N)C[C@@H](F)C6)ccc5c4C)n(CC4CC4)c23)CC1. The lowest BCUT2D eigenvalue weighted by atomic mass is 9.88. The summed E-state index contributed by atoms with van der Waals surface area (Å²) in [5.74, 6) is 0.853. The summed E-state index contributed by atoms with van der Waals surface area (Å²) >= 11 is 0. The van der Waals surface area contributed by atoms with E-state index in [-0.39, 0.29) is 30.8 Å². The average Bonchev–Trinajstić information content (AvgIpc) is 3.71. The molecule has 45 heavy (non-hydrogen) atoms. The molecule has 3 aliphatic rings. The molecule has 2 saturated heterocycles. The number of nitrogens with two attached hydrogens (primary N) is 1. The van der Waals surface area contributed by atoms with E-state index in [0.29, 0.717) is 23.9 Å². The molecule has 7 rings (SSSR count). The van der Waals surface area contributed by atoms with Crippen molar-refractivity contribution >= 4 is 28.2 Å². The van der Waals surface area contributed by atoms with E-state index in [4.69, 9.17) is 15.6 Å². The Labute approximate surface area is 263 Å². The van der Waals surface area contributed by atoms with Crippen molar-refractivity contribution in [3.8, 4) is 11.4 Å². The molecule has 0 spiro atoms. The fourth-order valence-corrected chi connectivity index (χ4v) is 7.36. The van der Waals surface area contributed by atoms with Crippen LogP contribution in [0.2, 0.25) is 0 Å². The highest BCUT2D eigenvalue weighted by atomic mass is 19.1. The van der Waals surface area contributed by atoms with Gasteiger partial charge in [0.2, 0.25) is 0 Å². The Bertz CT molecular complexity index is 1740. The molecule has 2 N–H and O–H groups in total. The molecule has 2 amide bonds. The highest BCUT2D eigenvalue weighted by Crippen LogP contribution is 2.41. The molecule has 1 aliphatic carbocycles. The van der Waals surface area contributed by atoms with Gasteiger partial charge in [-0.1, -0.05) is 18.2 Å². The van der Waals surface area contributed by atoms with Crippen molar-refractivity contribution in [3.05, 3.63) is 59.3 Å². The Morgan fingerprint density at radius 2 is 1.87 bits per heavy atom. The number of benzene rings is 1. The number of alkyl halides is 1. The molecule has 9 nitrogen and oxygen atoms in total. The molecular formula is C35H43FN6O3. The van der Waals surface area contributed by atoms with Gasteiger partial charge in [0.1, 0.15) is 18.0 Å². The van der Waals surface area contributed by atoms with Crippen molar-refractivity contribution < 1.29 is 18.7 Å². The smallest absolute Gasteiger partial charge is 0.255 e. The number of carbonyl (C=O) groups is 2. The van der Waals surface area contributed by atoms with Gasteiger partial charge in [0.25, 0.3) is 11.8 Å². The standard InChI is InChI=1S/C35H43FN6O3/c1-21-30-10-9-26(35(44)40-19-27(36)16-28(37)20-40)18-42(30)38-32(21)31-15-25-5-4-6-29(33(25)41(31)17-23-7-8-23)24-11-13-39(14-12-24)34(43)22(2)45-3/h4-6,9-10,15,18,22-24,27-28H,7-8,11-14,16-17,19-20,37H2,1-3H3/t22-,27-,28-/m1/s1. The van der Waals surface area contributed by atoms with Crippen LogP contribution in [0.4, 0.5) is 4.39 Å². The monoisotopic (exact) mass is 614 g/mol. The first-order valence-electron chi connectivity index (χ1n) is 16.3. The van der Waals surface area contributed by atoms with Crippen molar-refractivity contribution in [2.75, 3.05) is 33.3 Å². The van der Waals surface area contributed by atoms with Gasteiger partial charge < -0.3 is 24.8 Å². The molecule has 3 fully saturated rings. The number of methoxy groups -OCH3 is 1. The van der Waals surface area contributed by atoms with E-state index in [1.54, 1.807) is 17.8 Å². The van der Waals surface area contributed by atoms with Gasteiger partial charge >= 0.3 is 0 Å². The van der Waals surface area contributed by atoms with Gasteiger partial charge in [-0.3, -0.25) is 9.59 Å². The van der Waals surface area contributed by atoms with Crippen LogP contribution in [-0.4, -0.2) is 87.4 Å². The van der Waals surface area contributed by atoms with E-state index in [1.165, 1.54) is 34.2 Å². The van der Waals surface area contributed by atoms with Crippen LogP contribution >= 0.6 is 0 Å². The Morgan fingerprint density at radius 3 is 2.58 bits per heavy atom. The topological polar surface area (TPSA) is 98.1 Å². The molecule has 1 saturated carbocycles. The maximum Gasteiger partial charge on any atom is 0.255 e. The number of fused-ring (bicyclic) bond motifs is 2. The Balaban J connectivity index is 1.23. The van der Waals surface area contributed by atoms with Crippen molar-refractivity contribution in [1.82, 2.24) is 24.0 Å². The summed E-state index contributed by atoms with van der Waals surface area (Å²) in [6.45, 7) is 6.72. The largest absolute Gasteiger partial charge is 0.372 e. The molecule has 2 aliphatic heterocycles. The summed E-state index contributed by atoms with van der Waals surface area (Å²) in [4.78, 5) is 29.5. The number of para-hydroxylation sites is 1. The number of rotatable bonds is 7. The van der Waals surface area contributed by atoms with Crippen LogP contribution in [0.25, 0.3) is 27.8 Å². The second-order valence-corrected chi connectivity index (χ2v) is 13.4. The first kappa shape index (κ1) is 29.9. The number of hydrogen-bond donors (Lipinski definition) is 1. The summed E-state index contributed by atoms with van der Waals surface area (Å²) in [6, 6.07) is 12.3. The van der Waals surface area contributed by atoms with Crippen LogP contribution in [0, 0.1) is 12.8 Å². The van der Waals surface area contributed by atoms with Gasteiger partial charge in [-0.15, -0.1) is 0 Å². The Hall–Kier alpha value is -3.76. The number of amides is 2. The van der Waals surface area contributed by atoms with Gasteiger partial charge in [-0.2, -0.15) is 5.10 Å². The molecule has 0 radical (unpaired) electrons. The minimum atomic E-state index is -1.10. The summed E-state index contributed by atoms with van der Waals surface area (Å²) in [6.07, 6.45) is 4.82. The van der Waals surface area contributed by atoms with E-state index in [0.717, 1.165) is 54.9 Å². The molecule has 4 aromatic rings. The van der Waals surface area contributed by atoms with E-state index < -0.39 is 12.3 Å². The number of ether oxygens (including phenoxy) is 1. The highest BCUT2D eigenvalue weighted by Gasteiger charge is 2.32. The zero-order chi connectivity index (χ0) is 31.4. The zero-order valence-corrected chi connectivity index (χ0v) is 26.4. The van der Waals surface area contributed by atoms with Gasteiger partial charge in [0.15, 0.2) is 0 Å². The summed E-state index contributed by atoms with van der Waals surface area (Å²) in [5.41, 5.74) is 13.1. The molecule has 10 heteroatoms. The van der Waals surface area contributed by atoms with Crippen molar-refractivity contribution in [2.45, 2.75) is 76.7 Å². The third-order valence-electron chi connectivity index (χ3n) is 10.1. The molecule has 5 heterocycles. The van der Waals surface area contributed by atoms with Crippen molar-refractivity contribution in [1.29, 1.82) is 0 Å². The van der Waals surface area contributed by atoms with Crippen LogP contribution < -0.4 is 5.73 Å². The molecule has 0 unspecified atom stereocenters. The van der Waals surface area contributed by atoms with Gasteiger partial charge in [0, 0.05) is 56.5 Å². The quantitative estimate of drug-likeness (QED) is 0.319. The first-order chi connectivity index (χ1) is 21.7. The summed E-state index contributed by atoms with van der Waals surface area (Å²) < 4.78 is 23.8. The molecule has 3 atom stereocenters. The number of hydrogen-bond acceptors (Lipinski definition) is 5. The number of aryl methyl sites for hydroxylation is 1. The highest BCUT2D eigenvalue weighted by molar-refractivity contribution is 5.95.